The summed E-state index contributed by atoms with van der Waals surface area (Å²) in [5.74, 6) is -2.00. The van der Waals surface area contributed by atoms with Gasteiger partial charge in [0.05, 0.1) is 24.0 Å². The van der Waals surface area contributed by atoms with E-state index in [4.69, 9.17) is 10.1 Å². The Kier molecular flexibility index (Phi) is 3.89. The van der Waals surface area contributed by atoms with Crippen LogP contribution in [0.15, 0.2) is 18.2 Å². The number of nitrogens with one attached hydrogen (secondary N) is 2. The number of hydrogen-bond acceptors (Lipinski definition) is 4. The number of ether oxygens (including phenoxy) is 1. The summed E-state index contributed by atoms with van der Waals surface area (Å²) in [5.41, 5.74) is -0.854. The molecule has 3 aliphatic carbocycles. The number of rotatable bonds is 6. The van der Waals surface area contributed by atoms with Gasteiger partial charge in [-0.15, -0.1) is 0 Å². The summed E-state index contributed by atoms with van der Waals surface area (Å²) in [5, 5.41) is 10.0. The van der Waals surface area contributed by atoms with Gasteiger partial charge in [-0.05, 0) is 43.2 Å². The summed E-state index contributed by atoms with van der Waals surface area (Å²) in [7, 11) is 1.33. The lowest BCUT2D eigenvalue weighted by Crippen LogP contribution is -2.70. The van der Waals surface area contributed by atoms with E-state index in [1.807, 2.05) is 0 Å². The van der Waals surface area contributed by atoms with Gasteiger partial charge >= 0.3 is 5.97 Å². The van der Waals surface area contributed by atoms with Gasteiger partial charge in [0, 0.05) is 12.5 Å². The predicted molar refractivity (Wildman–Crippen MR) is 81.4 cm³/mol. The quantitative estimate of drug-likeness (QED) is 0.619. The molecule has 5 nitrogen and oxygen atoms in total. The standard InChI is InChI=1S/C17H18F2N2O3/c1-24-15(23)17-7-16(8-17,9-17)14(22)21-13(2-3-20)10-4-11(18)6-12(19)5-10/h3-6,13,20H,2,7-9H2,1H3,(H,21,22). The SMILES string of the molecule is COC(=O)C12CC(C(=O)NC(CC=N)c3cc(F)cc(F)c3)(C1)C2. The topological polar surface area (TPSA) is 79.2 Å². The van der Waals surface area contributed by atoms with Gasteiger partial charge in [0.15, 0.2) is 0 Å². The van der Waals surface area contributed by atoms with Gasteiger partial charge in [0.25, 0.3) is 0 Å². The van der Waals surface area contributed by atoms with Gasteiger partial charge < -0.3 is 15.5 Å². The molecule has 7 heteroatoms. The van der Waals surface area contributed by atoms with Gasteiger partial charge in [-0.3, -0.25) is 9.59 Å². The minimum Gasteiger partial charge on any atom is -0.469 e. The van der Waals surface area contributed by atoms with Crippen LogP contribution in [-0.2, 0) is 14.3 Å². The molecular formula is C17H18F2N2O3. The number of carbonyl (C=O) groups excluding carboxylic acids is 2. The first-order valence-electron chi connectivity index (χ1n) is 7.68. The highest BCUT2D eigenvalue weighted by atomic mass is 19.1. The fraction of sp³-hybridized carbons (Fsp3) is 0.471. The second-order valence-corrected chi connectivity index (χ2v) is 6.75. The smallest absolute Gasteiger partial charge is 0.311 e. The van der Waals surface area contributed by atoms with E-state index in [1.165, 1.54) is 7.11 Å². The van der Waals surface area contributed by atoms with Crippen molar-refractivity contribution in [1.29, 1.82) is 5.41 Å². The molecule has 3 saturated carbocycles. The van der Waals surface area contributed by atoms with Crippen molar-refractivity contribution < 1.29 is 23.1 Å². The number of esters is 1. The maximum atomic E-state index is 13.4. The van der Waals surface area contributed by atoms with E-state index in [0.717, 1.165) is 24.4 Å². The number of amides is 1. The predicted octanol–water partition coefficient (Wildman–Crippen LogP) is 2.51. The van der Waals surface area contributed by atoms with Crippen LogP contribution in [0.1, 0.15) is 37.3 Å². The zero-order valence-corrected chi connectivity index (χ0v) is 13.2. The van der Waals surface area contributed by atoms with Crippen LogP contribution >= 0.6 is 0 Å². The Morgan fingerprint density at radius 3 is 2.33 bits per heavy atom. The van der Waals surface area contributed by atoms with Gasteiger partial charge in [-0.2, -0.15) is 0 Å². The molecule has 0 aliphatic heterocycles. The molecule has 4 rings (SSSR count). The van der Waals surface area contributed by atoms with Crippen molar-refractivity contribution in [3.05, 3.63) is 35.4 Å². The van der Waals surface area contributed by atoms with Crippen LogP contribution in [0.25, 0.3) is 0 Å². The van der Waals surface area contributed by atoms with Crippen molar-refractivity contribution in [2.45, 2.75) is 31.7 Å². The van der Waals surface area contributed by atoms with Crippen molar-refractivity contribution in [2.24, 2.45) is 10.8 Å². The first-order valence-corrected chi connectivity index (χ1v) is 7.68. The van der Waals surface area contributed by atoms with E-state index < -0.39 is 28.5 Å². The minimum atomic E-state index is -0.732. The molecule has 1 aromatic rings. The molecule has 0 heterocycles. The summed E-state index contributed by atoms with van der Waals surface area (Å²) in [4.78, 5) is 24.2. The van der Waals surface area contributed by atoms with Crippen LogP contribution < -0.4 is 5.32 Å². The summed E-state index contributed by atoms with van der Waals surface area (Å²) in [6.45, 7) is 0. The number of benzene rings is 1. The first-order chi connectivity index (χ1) is 11.3. The average molecular weight is 336 g/mol. The van der Waals surface area contributed by atoms with Crippen LogP contribution in [0.5, 0.6) is 0 Å². The molecule has 0 aromatic heterocycles. The summed E-state index contributed by atoms with van der Waals surface area (Å²) in [6.07, 6.45) is 2.53. The molecule has 2 N–H and O–H groups in total. The van der Waals surface area contributed by atoms with Crippen molar-refractivity contribution in [2.75, 3.05) is 7.11 Å². The maximum Gasteiger partial charge on any atom is 0.311 e. The van der Waals surface area contributed by atoms with E-state index in [-0.39, 0.29) is 23.9 Å². The Hall–Kier alpha value is -2.31. The summed E-state index contributed by atoms with van der Waals surface area (Å²) < 4.78 is 31.6. The van der Waals surface area contributed by atoms with Gasteiger partial charge in [-0.25, -0.2) is 8.78 Å². The molecular weight excluding hydrogens is 318 g/mol. The van der Waals surface area contributed by atoms with E-state index in [0.29, 0.717) is 19.3 Å². The van der Waals surface area contributed by atoms with Crippen molar-refractivity contribution in [3.8, 4) is 0 Å². The molecule has 3 aliphatic rings. The highest BCUT2D eigenvalue weighted by molar-refractivity contribution is 5.94. The van der Waals surface area contributed by atoms with E-state index >= 15 is 0 Å². The van der Waals surface area contributed by atoms with Crippen LogP contribution in [-0.4, -0.2) is 25.2 Å². The lowest BCUT2D eigenvalue weighted by Gasteiger charge is -2.67. The third-order valence-electron chi connectivity index (χ3n) is 5.08. The molecule has 0 radical (unpaired) electrons. The number of carbonyl (C=O) groups is 2. The molecule has 1 amide bonds. The summed E-state index contributed by atoms with van der Waals surface area (Å²) in [6, 6.07) is 2.38. The normalized spacial score (nSPS) is 28.1. The monoisotopic (exact) mass is 336 g/mol. The fourth-order valence-corrected chi connectivity index (χ4v) is 3.95. The van der Waals surface area contributed by atoms with Crippen molar-refractivity contribution >= 4 is 18.1 Å². The molecule has 2 bridgehead atoms. The molecule has 3 fully saturated rings. The largest absolute Gasteiger partial charge is 0.469 e. The average Bonchev–Trinajstić information content (AvgIpc) is 2.42. The highest BCUT2D eigenvalue weighted by Crippen LogP contribution is 2.73. The zero-order chi connectivity index (χ0) is 17.5. The Morgan fingerprint density at radius 1 is 1.25 bits per heavy atom. The summed E-state index contributed by atoms with van der Waals surface area (Å²) >= 11 is 0. The van der Waals surface area contributed by atoms with Crippen molar-refractivity contribution in [1.82, 2.24) is 5.32 Å². The molecule has 1 unspecified atom stereocenters. The minimum absolute atomic E-state index is 0.132. The molecule has 1 atom stereocenters. The second-order valence-electron chi connectivity index (χ2n) is 6.75. The number of halogens is 2. The van der Waals surface area contributed by atoms with E-state index in [2.05, 4.69) is 5.32 Å². The zero-order valence-electron chi connectivity index (χ0n) is 13.2. The van der Waals surface area contributed by atoms with Crippen LogP contribution in [0.4, 0.5) is 8.78 Å². The third kappa shape index (κ3) is 2.48. The second kappa shape index (κ2) is 5.65. The molecule has 0 saturated heterocycles. The maximum absolute atomic E-state index is 13.4. The molecule has 1 aromatic carbocycles. The van der Waals surface area contributed by atoms with Gasteiger partial charge in [0.2, 0.25) is 5.91 Å². The van der Waals surface area contributed by atoms with Crippen LogP contribution in [0, 0.1) is 27.9 Å². The third-order valence-corrected chi connectivity index (χ3v) is 5.08. The Bertz CT molecular complexity index is 680. The number of hydrogen-bond donors (Lipinski definition) is 2. The molecule has 24 heavy (non-hydrogen) atoms. The van der Waals surface area contributed by atoms with Crippen LogP contribution in [0.2, 0.25) is 0 Å². The van der Waals surface area contributed by atoms with E-state index in [1.54, 1.807) is 0 Å². The van der Waals surface area contributed by atoms with Gasteiger partial charge in [-0.1, -0.05) is 0 Å². The Labute approximate surface area is 137 Å². The lowest BCUT2D eigenvalue weighted by molar-refractivity contribution is -0.223. The van der Waals surface area contributed by atoms with Crippen molar-refractivity contribution in [3.63, 3.8) is 0 Å². The lowest BCUT2D eigenvalue weighted by atomic mass is 9.35. The number of methoxy groups -OCH3 is 1. The molecule has 0 spiro atoms. The Balaban J connectivity index is 1.70. The fourth-order valence-electron chi connectivity index (χ4n) is 3.95. The van der Waals surface area contributed by atoms with E-state index in [9.17, 15) is 18.4 Å². The van der Waals surface area contributed by atoms with Crippen LogP contribution in [0.3, 0.4) is 0 Å². The highest BCUT2D eigenvalue weighted by Gasteiger charge is 2.75. The van der Waals surface area contributed by atoms with Gasteiger partial charge in [0.1, 0.15) is 11.6 Å². The first kappa shape index (κ1) is 16.5. The molecule has 128 valence electrons. The Morgan fingerprint density at radius 2 is 1.83 bits per heavy atom.